The Morgan fingerprint density at radius 3 is 2.25 bits per heavy atom. The maximum absolute atomic E-state index is 5.50. The van der Waals surface area contributed by atoms with Gasteiger partial charge in [0, 0.05) is 1.43 Å². The van der Waals surface area contributed by atoms with Crippen molar-refractivity contribution >= 4 is 0 Å². The highest BCUT2D eigenvalue weighted by atomic mass is 14.5. The van der Waals surface area contributed by atoms with Crippen LogP contribution in [0.1, 0.15) is 33.5 Å². The van der Waals surface area contributed by atoms with Gasteiger partial charge in [-0.1, -0.05) is 19.3 Å². The van der Waals surface area contributed by atoms with Crippen molar-refractivity contribution in [3.05, 3.63) is 0 Å². The zero-order valence-corrected chi connectivity index (χ0v) is 5.40. The minimum absolute atomic E-state index is 0. The molecule has 0 heterocycles. The number of hydrogen-bond acceptors (Lipinski definition) is 1. The molecule has 2 N–H and O–H groups in total. The van der Waals surface area contributed by atoms with Crippen LogP contribution in [0.15, 0.2) is 0 Å². The Morgan fingerprint density at radius 1 is 1.25 bits per heavy atom. The molecule has 1 saturated carbocycles. The molecular formula is C7H17N. The van der Waals surface area contributed by atoms with E-state index in [-0.39, 0.29) is 1.43 Å². The first-order chi connectivity index (χ1) is 3.93. The average molecular weight is 115 g/mol. The molecule has 0 amide bonds. The Hall–Kier alpha value is -0.0400. The standard InChI is InChI=1S/C7H15N.H2/c8-6-7-4-2-1-3-5-7;/h7H,1-6,8H2;1H. The first-order valence-electron chi connectivity index (χ1n) is 3.63. The van der Waals surface area contributed by atoms with Gasteiger partial charge in [-0.25, -0.2) is 0 Å². The van der Waals surface area contributed by atoms with Gasteiger partial charge in [0.05, 0.1) is 0 Å². The fourth-order valence-electron chi connectivity index (χ4n) is 1.42. The SMILES string of the molecule is NCC1CCCCC1.[HH]. The average Bonchev–Trinajstić information content (AvgIpc) is 1.90. The van der Waals surface area contributed by atoms with Crippen LogP contribution in [0.3, 0.4) is 0 Å². The highest BCUT2D eigenvalue weighted by Crippen LogP contribution is 2.21. The molecule has 0 radical (unpaired) electrons. The fourth-order valence-corrected chi connectivity index (χ4v) is 1.42. The van der Waals surface area contributed by atoms with Crippen molar-refractivity contribution in [3.8, 4) is 0 Å². The van der Waals surface area contributed by atoms with Crippen LogP contribution in [0, 0.1) is 5.92 Å². The molecule has 1 aliphatic carbocycles. The van der Waals surface area contributed by atoms with Gasteiger partial charge in [0.15, 0.2) is 0 Å². The van der Waals surface area contributed by atoms with Crippen LogP contribution in [0.25, 0.3) is 0 Å². The van der Waals surface area contributed by atoms with Gasteiger partial charge in [-0.3, -0.25) is 0 Å². The molecule has 0 bridgehead atoms. The molecule has 0 aromatic heterocycles. The van der Waals surface area contributed by atoms with E-state index in [2.05, 4.69) is 0 Å². The molecule has 1 heteroatoms. The van der Waals surface area contributed by atoms with Gasteiger partial charge >= 0.3 is 0 Å². The van der Waals surface area contributed by atoms with Crippen molar-refractivity contribution in [2.45, 2.75) is 32.1 Å². The van der Waals surface area contributed by atoms with E-state index in [1.54, 1.807) is 0 Å². The smallest absolute Gasteiger partial charge is 0 e. The second-order valence-corrected chi connectivity index (χ2v) is 2.74. The van der Waals surface area contributed by atoms with E-state index in [0.29, 0.717) is 0 Å². The minimum Gasteiger partial charge on any atom is -0.330 e. The summed E-state index contributed by atoms with van der Waals surface area (Å²) in [6, 6.07) is 0. The summed E-state index contributed by atoms with van der Waals surface area (Å²) in [5.41, 5.74) is 5.50. The van der Waals surface area contributed by atoms with Crippen molar-refractivity contribution in [2.24, 2.45) is 11.7 Å². The zero-order chi connectivity index (χ0) is 5.82. The molecule has 8 heavy (non-hydrogen) atoms. The maximum Gasteiger partial charge on any atom is 0 e. The van der Waals surface area contributed by atoms with E-state index in [1.807, 2.05) is 0 Å². The Morgan fingerprint density at radius 2 is 1.88 bits per heavy atom. The first kappa shape index (κ1) is 6.09. The van der Waals surface area contributed by atoms with E-state index in [1.165, 1.54) is 32.1 Å². The Balaban J connectivity index is 0.000000640. The van der Waals surface area contributed by atoms with Crippen LogP contribution in [0.4, 0.5) is 0 Å². The third-order valence-electron chi connectivity index (χ3n) is 2.06. The second-order valence-electron chi connectivity index (χ2n) is 2.74. The summed E-state index contributed by atoms with van der Waals surface area (Å²) in [7, 11) is 0. The lowest BCUT2D eigenvalue weighted by Crippen LogP contribution is -2.16. The highest BCUT2D eigenvalue weighted by molar-refractivity contribution is 4.65. The quantitative estimate of drug-likeness (QED) is 0.553. The Kier molecular flexibility index (Phi) is 2.34. The largest absolute Gasteiger partial charge is 0.330 e. The lowest BCUT2D eigenvalue weighted by molar-refractivity contribution is 0.366. The lowest BCUT2D eigenvalue weighted by atomic mass is 9.90. The van der Waals surface area contributed by atoms with E-state index < -0.39 is 0 Å². The number of hydrogen-bond donors (Lipinski definition) is 1. The first-order valence-corrected chi connectivity index (χ1v) is 3.63. The van der Waals surface area contributed by atoms with Crippen molar-refractivity contribution in [3.63, 3.8) is 0 Å². The van der Waals surface area contributed by atoms with E-state index in [0.717, 1.165) is 12.5 Å². The van der Waals surface area contributed by atoms with Gasteiger partial charge in [0.25, 0.3) is 0 Å². The monoisotopic (exact) mass is 115 g/mol. The van der Waals surface area contributed by atoms with Gasteiger partial charge < -0.3 is 5.73 Å². The molecule has 0 saturated heterocycles. The number of rotatable bonds is 1. The Labute approximate surface area is 52.7 Å². The normalized spacial score (nSPS) is 23.6. The molecule has 0 spiro atoms. The van der Waals surface area contributed by atoms with Gasteiger partial charge in [-0.2, -0.15) is 0 Å². The van der Waals surface area contributed by atoms with Crippen molar-refractivity contribution < 1.29 is 1.43 Å². The summed E-state index contributed by atoms with van der Waals surface area (Å²) in [6.07, 6.45) is 7.05. The molecule has 0 aromatic carbocycles. The third-order valence-corrected chi connectivity index (χ3v) is 2.06. The summed E-state index contributed by atoms with van der Waals surface area (Å²) in [5.74, 6) is 0.865. The van der Waals surface area contributed by atoms with Crippen LogP contribution in [0.5, 0.6) is 0 Å². The molecule has 50 valence electrons. The molecule has 1 rings (SSSR count). The second kappa shape index (κ2) is 3.08. The molecule has 1 aliphatic rings. The molecule has 0 aromatic rings. The van der Waals surface area contributed by atoms with Crippen LogP contribution < -0.4 is 5.73 Å². The topological polar surface area (TPSA) is 26.0 Å². The van der Waals surface area contributed by atoms with Gasteiger partial charge in [-0.05, 0) is 25.3 Å². The van der Waals surface area contributed by atoms with Gasteiger partial charge in [0.1, 0.15) is 0 Å². The van der Waals surface area contributed by atoms with Crippen LogP contribution in [0.2, 0.25) is 0 Å². The summed E-state index contributed by atoms with van der Waals surface area (Å²) < 4.78 is 0. The molecule has 0 atom stereocenters. The van der Waals surface area contributed by atoms with Gasteiger partial charge in [-0.15, -0.1) is 0 Å². The predicted octanol–water partition coefficient (Wildman–Crippen LogP) is 1.77. The van der Waals surface area contributed by atoms with E-state index >= 15 is 0 Å². The summed E-state index contributed by atoms with van der Waals surface area (Å²) in [4.78, 5) is 0. The fraction of sp³-hybridized carbons (Fsp3) is 1.00. The van der Waals surface area contributed by atoms with Crippen LogP contribution in [-0.2, 0) is 0 Å². The summed E-state index contributed by atoms with van der Waals surface area (Å²) in [6.45, 7) is 0.917. The summed E-state index contributed by atoms with van der Waals surface area (Å²) in [5, 5.41) is 0. The minimum atomic E-state index is 0. The van der Waals surface area contributed by atoms with Crippen LogP contribution >= 0.6 is 0 Å². The lowest BCUT2D eigenvalue weighted by Gasteiger charge is -2.18. The van der Waals surface area contributed by atoms with E-state index in [9.17, 15) is 0 Å². The molecule has 0 unspecified atom stereocenters. The van der Waals surface area contributed by atoms with Crippen molar-refractivity contribution in [1.29, 1.82) is 0 Å². The maximum atomic E-state index is 5.50. The van der Waals surface area contributed by atoms with E-state index in [4.69, 9.17) is 5.73 Å². The Bertz CT molecular complexity index is 59.9. The molecule has 0 aliphatic heterocycles. The molecule has 1 fully saturated rings. The zero-order valence-electron chi connectivity index (χ0n) is 5.40. The third kappa shape index (κ3) is 1.48. The van der Waals surface area contributed by atoms with Crippen LogP contribution in [-0.4, -0.2) is 6.54 Å². The molecular weight excluding hydrogens is 98.1 g/mol. The summed E-state index contributed by atoms with van der Waals surface area (Å²) >= 11 is 0. The predicted molar refractivity (Wildman–Crippen MR) is 37.7 cm³/mol. The molecule has 1 nitrogen and oxygen atoms in total. The van der Waals surface area contributed by atoms with Crippen molar-refractivity contribution in [1.82, 2.24) is 0 Å². The number of nitrogens with two attached hydrogens (primary N) is 1. The highest BCUT2D eigenvalue weighted by Gasteiger charge is 2.09. The van der Waals surface area contributed by atoms with Gasteiger partial charge in [0.2, 0.25) is 0 Å². The van der Waals surface area contributed by atoms with Crippen molar-refractivity contribution in [2.75, 3.05) is 6.54 Å².